The Kier molecular flexibility index (Phi) is 6.12. The van der Waals surface area contributed by atoms with Crippen molar-refractivity contribution >= 4 is 0 Å². The summed E-state index contributed by atoms with van der Waals surface area (Å²) < 4.78 is 34.6. The third-order valence-corrected chi connectivity index (χ3v) is 5.13. The molecule has 0 radical (unpaired) electrons. The molecule has 0 spiro atoms. The van der Waals surface area contributed by atoms with Gasteiger partial charge in [0.25, 0.3) is 0 Å². The van der Waals surface area contributed by atoms with Crippen LogP contribution in [0.4, 0.5) is 0 Å². The van der Waals surface area contributed by atoms with Gasteiger partial charge < -0.3 is 28.4 Å². The van der Waals surface area contributed by atoms with Crippen LogP contribution < -0.4 is 9.47 Å². The van der Waals surface area contributed by atoms with Gasteiger partial charge in [-0.05, 0) is 37.1 Å². The predicted molar refractivity (Wildman–Crippen MR) is 102 cm³/mol. The van der Waals surface area contributed by atoms with E-state index in [4.69, 9.17) is 28.4 Å². The minimum Gasteiger partial charge on any atom is -0.497 e. The van der Waals surface area contributed by atoms with E-state index in [1.807, 2.05) is 48.5 Å². The zero-order valence-electron chi connectivity index (χ0n) is 16.2. The number of ether oxygens (including phenoxy) is 6. The Morgan fingerprint density at radius 3 is 1.39 bits per heavy atom. The van der Waals surface area contributed by atoms with Crippen LogP contribution in [0.1, 0.15) is 36.5 Å². The Morgan fingerprint density at radius 2 is 1.04 bits per heavy atom. The molecule has 0 amide bonds. The van der Waals surface area contributed by atoms with Gasteiger partial charge in [-0.3, -0.25) is 0 Å². The van der Waals surface area contributed by atoms with Gasteiger partial charge in [0.05, 0.1) is 39.6 Å². The molecule has 2 heterocycles. The molecule has 2 aliphatic heterocycles. The third kappa shape index (κ3) is 4.31. The molecule has 0 aliphatic carbocycles. The molecule has 0 saturated carbocycles. The summed E-state index contributed by atoms with van der Waals surface area (Å²) in [4.78, 5) is 0. The molecule has 2 aliphatic rings. The fourth-order valence-electron chi connectivity index (χ4n) is 3.53. The summed E-state index contributed by atoms with van der Waals surface area (Å²) in [6.45, 7) is 1.27. The summed E-state index contributed by atoms with van der Waals surface area (Å²) in [5.41, 5.74) is 1.95. The average molecular weight is 386 g/mol. The first kappa shape index (κ1) is 19.2. The smallest absolute Gasteiger partial charge is 0.184 e. The Labute approximate surface area is 165 Å². The van der Waals surface area contributed by atoms with Gasteiger partial charge in [0, 0.05) is 11.1 Å². The minimum absolute atomic E-state index is 0.0366. The van der Waals surface area contributed by atoms with Gasteiger partial charge in [-0.2, -0.15) is 0 Å². The standard InChI is InChI=1S/C22H26O6/c1-23-17-7-3-15(4-8-17)21-25-13-11-19(27-21)20-12-14-26-22(28-20)16-5-9-18(24-2)10-6-16/h3-10,19-22H,11-14H2,1-2H3/t19-,20-,21-,22-/m0/s1. The number of hydrogen-bond donors (Lipinski definition) is 0. The van der Waals surface area contributed by atoms with E-state index in [1.165, 1.54) is 0 Å². The van der Waals surface area contributed by atoms with Crippen molar-refractivity contribution in [2.45, 2.75) is 37.6 Å². The number of methoxy groups -OCH3 is 2. The molecule has 0 bridgehead atoms. The predicted octanol–water partition coefficient (Wildman–Crippen LogP) is 4.01. The first-order chi connectivity index (χ1) is 13.8. The summed E-state index contributed by atoms with van der Waals surface area (Å²) in [7, 11) is 3.31. The highest BCUT2D eigenvalue weighted by Gasteiger charge is 2.35. The van der Waals surface area contributed by atoms with Crippen molar-refractivity contribution in [3.05, 3.63) is 59.7 Å². The first-order valence-corrected chi connectivity index (χ1v) is 9.59. The second-order valence-corrected chi connectivity index (χ2v) is 6.88. The molecule has 4 atom stereocenters. The van der Waals surface area contributed by atoms with Gasteiger partial charge in [-0.15, -0.1) is 0 Å². The maximum atomic E-state index is 6.24. The van der Waals surface area contributed by atoms with Gasteiger partial charge in [0.1, 0.15) is 11.5 Å². The van der Waals surface area contributed by atoms with Crippen molar-refractivity contribution in [3.8, 4) is 11.5 Å². The van der Waals surface area contributed by atoms with Crippen LogP contribution in [-0.4, -0.2) is 39.6 Å². The fraction of sp³-hybridized carbons (Fsp3) is 0.455. The molecule has 6 nitrogen and oxygen atoms in total. The van der Waals surface area contributed by atoms with Crippen molar-refractivity contribution in [1.29, 1.82) is 0 Å². The quantitative estimate of drug-likeness (QED) is 0.774. The lowest BCUT2D eigenvalue weighted by Crippen LogP contribution is -2.41. The van der Waals surface area contributed by atoms with E-state index in [1.54, 1.807) is 14.2 Å². The highest BCUT2D eigenvalue weighted by molar-refractivity contribution is 5.29. The van der Waals surface area contributed by atoms with Crippen molar-refractivity contribution < 1.29 is 28.4 Å². The summed E-state index contributed by atoms with van der Waals surface area (Å²) >= 11 is 0. The maximum Gasteiger partial charge on any atom is 0.184 e. The Hall–Kier alpha value is -2.12. The average Bonchev–Trinajstić information content (AvgIpc) is 2.79. The fourth-order valence-corrected chi connectivity index (χ4v) is 3.53. The van der Waals surface area contributed by atoms with E-state index in [9.17, 15) is 0 Å². The number of benzene rings is 2. The molecular formula is C22H26O6. The molecule has 2 fully saturated rings. The summed E-state index contributed by atoms with van der Waals surface area (Å²) in [5.74, 6) is 1.62. The zero-order chi connectivity index (χ0) is 19.3. The van der Waals surface area contributed by atoms with Crippen molar-refractivity contribution in [1.82, 2.24) is 0 Å². The van der Waals surface area contributed by atoms with Crippen LogP contribution in [-0.2, 0) is 18.9 Å². The van der Waals surface area contributed by atoms with Gasteiger partial charge >= 0.3 is 0 Å². The molecule has 2 aromatic rings. The monoisotopic (exact) mass is 386 g/mol. The topological polar surface area (TPSA) is 55.4 Å². The van der Waals surface area contributed by atoms with Crippen LogP contribution in [0.2, 0.25) is 0 Å². The van der Waals surface area contributed by atoms with E-state index in [-0.39, 0.29) is 12.2 Å². The van der Waals surface area contributed by atoms with Gasteiger partial charge in [-0.1, -0.05) is 24.3 Å². The van der Waals surface area contributed by atoms with E-state index in [2.05, 4.69) is 0 Å². The van der Waals surface area contributed by atoms with E-state index in [0.717, 1.165) is 35.5 Å². The van der Waals surface area contributed by atoms with Crippen molar-refractivity contribution in [3.63, 3.8) is 0 Å². The van der Waals surface area contributed by atoms with Crippen LogP contribution in [0.3, 0.4) is 0 Å². The van der Waals surface area contributed by atoms with Crippen LogP contribution in [0, 0.1) is 0 Å². The SMILES string of the molecule is COc1ccc([C@H]2OCC[C@@H]([C@@H]3CCO[C@H](c4ccc(OC)cc4)O3)O2)cc1. The van der Waals surface area contributed by atoms with Crippen molar-refractivity contribution in [2.75, 3.05) is 27.4 Å². The molecule has 2 aromatic carbocycles. The highest BCUT2D eigenvalue weighted by atomic mass is 16.7. The second-order valence-electron chi connectivity index (χ2n) is 6.88. The normalized spacial score (nSPS) is 27.9. The van der Waals surface area contributed by atoms with E-state index >= 15 is 0 Å². The molecule has 0 unspecified atom stereocenters. The molecule has 150 valence electrons. The maximum absolute atomic E-state index is 6.24. The summed E-state index contributed by atoms with van der Waals surface area (Å²) in [6, 6.07) is 15.5. The summed E-state index contributed by atoms with van der Waals surface area (Å²) in [6.07, 6.45) is 0.737. The van der Waals surface area contributed by atoms with Gasteiger partial charge in [0.15, 0.2) is 12.6 Å². The summed E-state index contributed by atoms with van der Waals surface area (Å²) in [5, 5.41) is 0. The lowest BCUT2D eigenvalue weighted by atomic mass is 10.0. The van der Waals surface area contributed by atoms with E-state index in [0.29, 0.717) is 13.2 Å². The van der Waals surface area contributed by atoms with Crippen LogP contribution in [0.25, 0.3) is 0 Å². The Morgan fingerprint density at radius 1 is 0.643 bits per heavy atom. The largest absolute Gasteiger partial charge is 0.497 e. The number of rotatable bonds is 5. The third-order valence-electron chi connectivity index (χ3n) is 5.13. The van der Waals surface area contributed by atoms with Crippen LogP contribution >= 0.6 is 0 Å². The Bertz CT molecular complexity index is 679. The number of hydrogen-bond acceptors (Lipinski definition) is 6. The molecular weight excluding hydrogens is 360 g/mol. The van der Waals surface area contributed by atoms with Crippen molar-refractivity contribution in [2.24, 2.45) is 0 Å². The van der Waals surface area contributed by atoms with Crippen LogP contribution in [0.5, 0.6) is 11.5 Å². The molecule has 6 heteroatoms. The van der Waals surface area contributed by atoms with E-state index < -0.39 is 12.6 Å². The first-order valence-electron chi connectivity index (χ1n) is 9.59. The molecule has 0 N–H and O–H groups in total. The Balaban J connectivity index is 1.40. The zero-order valence-corrected chi connectivity index (χ0v) is 16.2. The molecule has 28 heavy (non-hydrogen) atoms. The highest BCUT2D eigenvalue weighted by Crippen LogP contribution is 2.35. The molecule has 0 aromatic heterocycles. The lowest BCUT2D eigenvalue weighted by molar-refractivity contribution is -0.288. The molecule has 4 rings (SSSR count). The second kappa shape index (κ2) is 8.92. The minimum atomic E-state index is -0.393. The van der Waals surface area contributed by atoms with Gasteiger partial charge in [-0.25, -0.2) is 0 Å². The lowest BCUT2D eigenvalue weighted by Gasteiger charge is -2.39. The molecule has 2 saturated heterocycles. The van der Waals surface area contributed by atoms with Crippen LogP contribution in [0.15, 0.2) is 48.5 Å². The van der Waals surface area contributed by atoms with Gasteiger partial charge in [0.2, 0.25) is 0 Å².